The Bertz CT molecular complexity index is 864. The number of benzene rings is 2. The van der Waals surface area contributed by atoms with Crippen LogP contribution in [0, 0.1) is 0 Å². The summed E-state index contributed by atoms with van der Waals surface area (Å²) in [6, 6.07) is 17.3. The number of amides is 1. The maximum atomic E-state index is 11.9. The van der Waals surface area contributed by atoms with Crippen molar-refractivity contribution in [2.45, 2.75) is 10.1 Å². The minimum Gasteiger partial charge on any atom is -0.297 e. The van der Waals surface area contributed by atoms with Gasteiger partial charge in [-0.15, -0.1) is 10.2 Å². The zero-order valence-corrected chi connectivity index (χ0v) is 15.4. The van der Waals surface area contributed by atoms with Gasteiger partial charge in [-0.1, -0.05) is 77.2 Å². The maximum absolute atomic E-state index is 11.9. The second-order valence-corrected chi connectivity index (χ2v) is 7.66. The molecule has 0 spiro atoms. The van der Waals surface area contributed by atoms with Crippen LogP contribution in [0.15, 0.2) is 65.0 Å². The summed E-state index contributed by atoms with van der Waals surface area (Å²) >= 11 is 8.80. The molecule has 25 heavy (non-hydrogen) atoms. The number of nitrogens with zero attached hydrogens (tertiary/aromatic N) is 2. The predicted octanol–water partition coefficient (Wildman–Crippen LogP) is 5.14. The summed E-state index contributed by atoms with van der Waals surface area (Å²) in [4.78, 5) is 11.9. The van der Waals surface area contributed by atoms with E-state index in [-0.39, 0.29) is 5.91 Å². The quantitative estimate of drug-likeness (QED) is 0.361. The van der Waals surface area contributed by atoms with Crippen molar-refractivity contribution in [3.8, 4) is 0 Å². The van der Waals surface area contributed by atoms with Gasteiger partial charge in [0.15, 0.2) is 4.34 Å². The van der Waals surface area contributed by atoms with E-state index in [2.05, 4.69) is 15.5 Å². The molecule has 0 aliphatic carbocycles. The monoisotopic (exact) mass is 387 g/mol. The molecule has 1 aromatic heterocycles. The van der Waals surface area contributed by atoms with Crippen molar-refractivity contribution in [1.82, 2.24) is 10.2 Å². The van der Waals surface area contributed by atoms with Crippen LogP contribution in [0.3, 0.4) is 0 Å². The first-order valence-corrected chi connectivity index (χ1v) is 9.62. The molecule has 3 rings (SSSR count). The fourth-order valence-electron chi connectivity index (χ4n) is 1.93. The summed E-state index contributed by atoms with van der Waals surface area (Å²) in [5.41, 5.74) is 2.12. The van der Waals surface area contributed by atoms with Crippen LogP contribution < -0.4 is 5.32 Å². The summed E-state index contributed by atoms with van der Waals surface area (Å²) < 4.78 is 0.803. The molecule has 0 fully saturated rings. The number of halogens is 1. The highest BCUT2D eigenvalue weighted by Crippen LogP contribution is 2.28. The fraction of sp³-hybridized carbons (Fsp3) is 0.0556. The summed E-state index contributed by atoms with van der Waals surface area (Å²) in [6.07, 6.45) is 3.24. The molecule has 0 aliphatic heterocycles. The third-order valence-electron chi connectivity index (χ3n) is 3.14. The zero-order chi connectivity index (χ0) is 17.5. The van der Waals surface area contributed by atoms with Crippen LogP contribution in [0.5, 0.6) is 0 Å². The first kappa shape index (κ1) is 17.7. The molecule has 0 saturated heterocycles. The Balaban J connectivity index is 1.51. The van der Waals surface area contributed by atoms with Gasteiger partial charge in [0.25, 0.3) is 0 Å². The first-order valence-electron chi connectivity index (χ1n) is 7.44. The lowest BCUT2D eigenvalue weighted by atomic mass is 10.2. The van der Waals surface area contributed by atoms with E-state index in [1.54, 1.807) is 17.8 Å². The summed E-state index contributed by atoms with van der Waals surface area (Å²) in [5.74, 6) is 0.544. The topological polar surface area (TPSA) is 54.9 Å². The van der Waals surface area contributed by atoms with Crippen LogP contribution in [0.4, 0.5) is 5.13 Å². The highest BCUT2D eigenvalue weighted by molar-refractivity contribution is 8.00. The number of hydrogen-bond donors (Lipinski definition) is 1. The Hall–Kier alpha value is -2.15. The molecule has 3 aromatic rings. The highest BCUT2D eigenvalue weighted by atomic mass is 35.5. The Morgan fingerprint density at radius 3 is 2.64 bits per heavy atom. The van der Waals surface area contributed by atoms with E-state index in [9.17, 15) is 4.79 Å². The Morgan fingerprint density at radius 2 is 1.88 bits per heavy atom. The van der Waals surface area contributed by atoms with Crippen LogP contribution in [0.2, 0.25) is 5.02 Å². The van der Waals surface area contributed by atoms with Gasteiger partial charge in [0.1, 0.15) is 0 Å². The molecule has 0 aliphatic rings. The average molecular weight is 388 g/mol. The van der Waals surface area contributed by atoms with Gasteiger partial charge in [-0.3, -0.25) is 10.1 Å². The molecule has 1 N–H and O–H groups in total. The molecule has 1 heterocycles. The van der Waals surface area contributed by atoms with Gasteiger partial charge in [0, 0.05) is 16.9 Å². The molecule has 7 heteroatoms. The normalized spacial score (nSPS) is 10.9. The summed E-state index contributed by atoms with van der Waals surface area (Å²) in [7, 11) is 0. The molecular weight excluding hydrogens is 374 g/mol. The van der Waals surface area contributed by atoms with Gasteiger partial charge in [0.05, 0.1) is 0 Å². The van der Waals surface area contributed by atoms with Crippen molar-refractivity contribution in [2.75, 3.05) is 5.32 Å². The highest BCUT2D eigenvalue weighted by Gasteiger charge is 2.07. The molecule has 0 atom stereocenters. The second kappa shape index (κ2) is 8.80. The number of nitrogens with one attached hydrogen (secondary N) is 1. The third-order valence-corrected chi connectivity index (χ3v) is 5.43. The van der Waals surface area contributed by atoms with Crippen LogP contribution in [-0.4, -0.2) is 16.1 Å². The summed E-state index contributed by atoms with van der Waals surface area (Å²) in [6.45, 7) is 0. The minimum absolute atomic E-state index is 0.228. The van der Waals surface area contributed by atoms with Gasteiger partial charge in [0.2, 0.25) is 11.0 Å². The molecule has 0 radical (unpaired) electrons. The van der Waals surface area contributed by atoms with Crippen molar-refractivity contribution in [3.63, 3.8) is 0 Å². The van der Waals surface area contributed by atoms with Crippen LogP contribution >= 0.6 is 34.7 Å². The SMILES string of the molecule is O=C(/C=C/c1ccccc1)Nc1nnc(SCc2ccc(Cl)cc2)s1. The first-order chi connectivity index (χ1) is 12.2. The van der Waals surface area contributed by atoms with E-state index in [0.717, 1.165) is 26.2 Å². The summed E-state index contributed by atoms with van der Waals surface area (Å²) in [5, 5.41) is 12.0. The maximum Gasteiger partial charge on any atom is 0.250 e. The zero-order valence-electron chi connectivity index (χ0n) is 13.1. The van der Waals surface area contributed by atoms with Gasteiger partial charge in [-0.05, 0) is 29.3 Å². The number of hydrogen-bond acceptors (Lipinski definition) is 5. The lowest BCUT2D eigenvalue weighted by Gasteiger charge is -1.98. The number of carbonyl (C=O) groups excluding carboxylic acids is 1. The Labute approximate surface area is 159 Å². The number of rotatable bonds is 6. The molecule has 0 unspecified atom stereocenters. The number of aromatic nitrogens is 2. The van der Waals surface area contributed by atoms with Crippen LogP contribution in [0.1, 0.15) is 11.1 Å². The number of anilines is 1. The van der Waals surface area contributed by atoms with Crippen molar-refractivity contribution in [2.24, 2.45) is 0 Å². The fourth-order valence-corrected chi connectivity index (χ4v) is 3.76. The Morgan fingerprint density at radius 1 is 1.12 bits per heavy atom. The van der Waals surface area contributed by atoms with E-state index >= 15 is 0 Å². The van der Waals surface area contributed by atoms with E-state index in [1.165, 1.54) is 17.4 Å². The van der Waals surface area contributed by atoms with Gasteiger partial charge in [-0.2, -0.15) is 0 Å². The van der Waals surface area contributed by atoms with Crippen LogP contribution in [0.25, 0.3) is 6.08 Å². The van der Waals surface area contributed by atoms with E-state index in [1.807, 2.05) is 54.6 Å². The third kappa shape index (κ3) is 5.70. The number of thioether (sulfide) groups is 1. The van der Waals surface area contributed by atoms with Gasteiger partial charge < -0.3 is 0 Å². The van der Waals surface area contributed by atoms with Gasteiger partial charge in [-0.25, -0.2) is 0 Å². The van der Waals surface area contributed by atoms with Gasteiger partial charge >= 0.3 is 0 Å². The molecule has 4 nitrogen and oxygen atoms in total. The largest absolute Gasteiger partial charge is 0.297 e. The molecule has 1 amide bonds. The lowest BCUT2D eigenvalue weighted by Crippen LogP contribution is -2.07. The van der Waals surface area contributed by atoms with Crippen molar-refractivity contribution in [3.05, 3.63) is 76.8 Å². The molecular formula is C18H14ClN3OS2. The molecule has 126 valence electrons. The Kier molecular flexibility index (Phi) is 6.22. The van der Waals surface area contributed by atoms with Crippen molar-refractivity contribution in [1.29, 1.82) is 0 Å². The predicted molar refractivity (Wildman–Crippen MR) is 105 cm³/mol. The van der Waals surface area contributed by atoms with E-state index in [0.29, 0.717) is 5.13 Å². The second-order valence-electron chi connectivity index (χ2n) is 5.02. The molecule has 0 saturated carbocycles. The average Bonchev–Trinajstić information content (AvgIpc) is 3.08. The molecule has 2 aromatic carbocycles. The van der Waals surface area contributed by atoms with E-state index < -0.39 is 0 Å². The van der Waals surface area contributed by atoms with E-state index in [4.69, 9.17) is 11.6 Å². The molecule has 0 bridgehead atoms. The number of carbonyl (C=O) groups is 1. The van der Waals surface area contributed by atoms with Crippen molar-refractivity contribution < 1.29 is 4.79 Å². The minimum atomic E-state index is -0.228. The lowest BCUT2D eigenvalue weighted by molar-refractivity contribution is -0.111. The van der Waals surface area contributed by atoms with Crippen LogP contribution in [-0.2, 0) is 10.5 Å². The standard InChI is InChI=1S/C18H14ClN3OS2/c19-15-9-6-14(7-10-15)12-24-18-22-21-17(25-18)20-16(23)11-8-13-4-2-1-3-5-13/h1-11H,12H2,(H,20,21,23)/b11-8+. The smallest absolute Gasteiger partial charge is 0.250 e. The van der Waals surface area contributed by atoms with Crippen molar-refractivity contribution >= 4 is 51.8 Å².